The molecule has 2 aliphatic carbocycles. The summed E-state index contributed by atoms with van der Waals surface area (Å²) in [6.45, 7) is 4.74. The molecule has 0 fully saturated rings. The van der Waals surface area contributed by atoms with Gasteiger partial charge in [-0.05, 0) is 128 Å². The number of hydrogen-bond donors (Lipinski definition) is 0. The Hall–Kier alpha value is -8.14. The van der Waals surface area contributed by atoms with Gasteiger partial charge in [0, 0.05) is 50.1 Å². The van der Waals surface area contributed by atoms with Crippen molar-refractivity contribution >= 4 is 49.6 Å². The molecule has 0 atom stereocenters. The van der Waals surface area contributed by atoms with Gasteiger partial charge >= 0.3 is 0 Å². The highest BCUT2D eigenvalue weighted by Gasteiger charge is 2.52. The minimum atomic E-state index is -0.629. The molecular weight excluding hydrogens is 789 g/mol. The Labute approximate surface area is 378 Å². The van der Waals surface area contributed by atoms with Crippen molar-refractivity contribution in [3.05, 3.63) is 252 Å². The lowest BCUT2D eigenvalue weighted by Gasteiger charge is -2.39. The van der Waals surface area contributed by atoms with Crippen LogP contribution in [0.5, 0.6) is 11.5 Å². The molecule has 1 aromatic heterocycles. The van der Waals surface area contributed by atoms with Crippen molar-refractivity contribution in [2.24, 2.45) is 0 Å². The van der Waals surface area contributed by atoms with E-state index in [0.717, 1.165) is 45.4 Å². The van der Waals surface area contributed by atoms with Crippen LogP contribution >= 0.6 is 0 Å². The highest BCUT2D eigenvalue weighted by Crippen LogP contribution is 2.64. The van der Waals surface area contributed by atoms with Crippen molar-refractivity contribution in [2.45, 2.75) is 24.7 Å². The molecule has 0 saturated heterocycles. The number of rotatable bonds is 4. The van der Waals surface area contributed by atoms with Gasteiger partial charge in [0.25, 0.3) is 0 Å². The Balaban J connectivity index is 1.07. The van der Waals surface area contributed by atoms with Crippen molar-refractivity contribution in [1.82, 2.24) is 4.57 Å². The molecule has 0 N–H and O–H groups in total. The zero-order chi connectivity index (χ0) is 43.0. The van der Waals surface area contributed by atoms with Crippen LogP contribution in [-0.2, 0) is 10.8 Å². The van der Waals surface area contributed by atoms with Crippen LogP contribution in [-0.4, -0.2) is 4.57 Å². The lowest BCUT2D eigenvalue weighted by molar-refractivity contribution is 0.436. The van der Waals surface area contributed by atoms with Gasteiger partial charge in [0.15, 0.2) is 0 Å². The van der Waals surface area contributed by atoms with E-state index in [-0.39, 0.29) is 5.41 Å². The van der Waals surface area contributed by atoms with Gasteiger partial charge in [-0.15, -0.1) is 0 Å². The van der Waals surface area contributed by atoms with Crippen molar-refractivity contribution < 1.29 is 4.74 Å². The number of aromatic nitrogens is 1. The normalized spacial score (nSPS) is 14.4. The predicted octanol–water partition coefficient (Wildman–Crippen LogP) is 16.2. The highest BCUT2D eigenvalue weighted by molar-refractivity contribution is 6.11. The average Bonchev–Trinajstić information content (AvgIpc) is 3.93. The maximum atomic E-state index is 6.78. The van der Waals surface area contributed by atoms with E-state index in [1.807, 2.05) is 0 Å². The van der Waals surface area contributed by atoms with Gasteiger partial charge in [-0.1, -0.05) is 159 Å². The number of anilines is 3. The summed E-state index contributed by atoms with van der Waals surface area (Å²) in [5, 5.41) is 4.93. The number of nitrogens with zero attached hydrogens (tertiary/aromatic N) is 2. The van der Waals surface area contributed by atoms with Gasteiger partial charge in [0.05, 0.1) is 16.4 Å². The first-order valence-corrected chi connectivity index (χ1v) is 22.7. The standard InChI is InChI=1S/C62H42N2O/c1-61(2)50-22-10-8-20-45(50)46-32-29-42(37-54(46)61)63(41-31-35-57-49(36-41)47-21-9-13-25-56(47)64(57)40-17-4-3-5-18-40)43-30-33-48-55(38-43)62(53-34-28-39-16-6-7-19-44(39)60(48)53)51-23-11-14-26-58(51)65-59-27-15-12-24-52(59)62/h3-38H,1-2H3. The molecule has 1 aliphatic heterocycles. The summed E-state index contributed by atoms with van der Waals surface area (Å²) in [5.41, 5.74) is 18.8. The summed E-state index contributed by atoms with van der Waals surface area (Å²) >= 11 is 0. The summed E-state index contributed by atoms with van der Waals surface area (Å²) in [5.74, 6) is 1.78. The molecular formula is C62H42N2O. The quantitative estimate of drug-likeness (QED) is 0.176. The molecule has 306 valence electrons. The van der Waals surface area contributed by atoms with Gasteiger partial charge in [-0.25, -0.2) is 0 Å². The summed E-state index contributed by atoms with van der Waals surface area (Å²) in [6.07, 6.45) is 0. The van der Waals surface area contributed by atoms with E-state index in [2.05, 4.69) is 242 Å². The fraction of sp³-hybridized carbons (Fsp3) is 0.0645. The van der Waals surface area contributed by atoms with E-state index >= 15 is 0 Å². The molecule has 3 heteroatoms. The molecule has 3 aliphatic rings. The van der Waals surface area contributed by atoms with Crippen LogP contribution in [0.25, 0.3) is 60.5 Å². The fourth-order valence-corrected chi connectivity index (χ4v) is 12.0. The number of benzene rings is 10. The third-order valence-corrected chi connectivity index (χ3v) is 14.8. The molecule has 0 saturated carbocycles. The van der Waals surface area contributed by atoms with Crippen molar-refractivity contribution in [1.29, 1.82) is 0 Å². The van der Waals surface area contributed by atoms with E-state index in [1.165, 1.54) is 77.1 Å². The van der Waals surface area contributed by atoms with Gasteiger partial charge in [0.2, 0.25) is 0 Å². The second-order valence-corrected chi connectivity index (χ2v) is 18.4. The Morgan fingerprint density at radius 3 is 1.74 bits per heavy atom. The van der Waals surface area contributed by atoms with Crippen LogP contribution in [0.2, 0.25) is 0 Å². The Morgan fingerprint density at radius 2 is 0.954 bits per heavy atom. The first-order valence-electron chi connectivity index (χ1n) is 22.7. The van der Waals surface area contributed by atoms with Crippen LogP contribution < -0.4 is 9.64 Å². The minimum Gasteiger partial charge on any atom is -0.457 e. The summed E-state index contributed by atoms with van der Waals surface area (Å²) < 4.78 is 9.18. The first-order chi connectivity index (χ1) is 32.0. The molecule has 0 amide bonds. The van der Waals surface area contributed by atoms with E-state index in [4.69, 9.17) is 4.74 Å². The van der Waals surface area contributed by atoms with Crippen LogP contribution in [0.4, 0.5) is 17.1 Å². The first kappa shape index (κ1) is 36.4. The maximum Gasteiger partial charge on any atom is 0.132 e. The number of fused-ring (bicyclic) bond motifs is 17. The fourth-order valence-electron chi connectivity index (χ4n) is 12.0. The van der Waals surface area contributed by atoms with Gasteiger partial charge in [0.1, 0.15) is 11.5 Å². The number of hydrogen-bond acceptors (Lipinski definition) is 2. The molecule has 2 heterocycles. The number of ether oxygens (including phenoxy) is 1. The van der Waals surface area contributed by atoms with Crippen LogP contribution in [0.1, 0.15) is 47.2 Å². The van der Waals surface area contributed by atoms with Gasteiger partial charge < -0.3 is 14.2 Å². The Kier molecular flexibility index (Phi) is 7.38. The molecule has 3 nitrogen and oxygen atoms in total. The summed E-state index contributed by atoms with van der Waals surface area (Å²) in [6, 6.07) is 80.8. The van der Waals surface area contributed by atoms with E-state index < -0.39 is 5.41 Å². The maximum absolute atomic E-state index is 6.78. The molecule has 0 unspecified atom stereocenters. The van der Waals surface area contributed by atoms with Crippen molar-refractivity contribution in [2.75, 3.05) is 4.90 Å². The van der Waals surface area contributed by atoms with Crippen molar-refractivity contribution in [3.8, 4) is 39.4 Å². The smallest absolute Gasteiger partial charge is 0.132 e. The lowest BCUT2D eigenvalue weighted by atomic mass is 9.66. The summed E-state index contributed by atoms with van der Waals surface area (Å²) in [7, 11) is 0. The third kappa shape index (κ3) is 4.85. The van der Waals surface area contributed by atoms with Crippen molar-refractivity contribution in [3.63, 3.8) is 0 Å². The minimum absolute atomic E-state index is 0.166. The summed E-state index contributed by atoms with van der Waals surface area (Å²) in [4.78, 5) is 2.50. The van der Waals surface area contributed by atoms with Crippen LogP contribution in [0.3, 0.4) is 0 Å². The molecule has 65 heavy (non-hydrogen) atoms. The van der Waals surface area contributed by atoms with E-state index in [9.17, 15) is 0 Å². The average molecular weight is 831 g/mol. The molecule has 0 bridgehead atoms. The zero-order valence-corrected chi connectivity index (χ0v) is 36.1. The third-order valence-electron chi connectivity index (χ3n) is 14.8. The van der Waals surface area contributed by atoms with Gasteiger partial charge in [-0.3, -0.25) is 0 Å². The van der Waals surface area contributed by atoms with Gasteiger partial charge in [-0.2, -0.15) is 0 Å². The molecule has 0 radical (unpaired) electrons. The van der Waals surface area contributed by atoms with E-state index in [0.29, 0.717) is 0 Å². The largest absolute Gasteiger partial charge is 0.457 e. The zero-order valence-electron chi connectivity index (χ0n) is 36.1. The Bertz CT molecular complexity index is 3750. The second kappa shape index (κ2) is 13.2. The second-order valence-electron chi connectivity index (χ2n) is 18.4. The topological polar surface area (TPSA) is 17.4 Å². The lowest BCUT2D eigenvalue weighted by Crippen LogP contribution is -2.32. The predicted molar refractivity (Wildman–Crippen MR) is 268 cm³/mol. The van der Waals surface area contributed by atoms with Crippen LogP contribution in [0.15, 0.2) is 218 Å². The molecule has 1 spiro atoms. The highest BCUT2D eigenvalue weighted by atomic mass is 16.5. The van der Waals surface area contributed by atoms with E-state index in [1.54, 1.807) is 0 Å². The molecule has 10 aromatic carbocycles. The molecule has 14 rings (SSSR count). The Morgan fingerprint density at radius 1 is 0.385 bits per heavy atom. The monoisotopic (exact) mass is 830 g/mol. The number of para-hydroxylation sites is 4. The molecule has 11 aromatic rings. The van der Waals surface area contributed by atoms with Crippen LogP contribution in [0, 0.1) is 0 Å². The SMILES string of the molecule is CC1(C)c2ccccc2-c2ccc(N(c3ccc4c(c3)C3(c5ccccc5Oc5ccccc53)c3ccc5ccccc5c3-4)c3ccc4c(c3)c3ccccc3n4-c3ccccc3)cc21.